The van der Waals surface area contributed by atoms with Crippen LogP contribution < -0.4 is 10.6 Å². The molecule has 7 nitrogen and oxygen atoms in total. The number of hydrogen-bond donors (Lipinski definition) is 2. The summed E-state index contributed by atoms with van der Waals surface area (Å²) in [6, 6.07) is 12.4. The molecular weight excluding hydrogens is 402 g/mol. The Balaban J connectivity index is 1.75. The Morgan fingerprint density at radius 3 is 2.73 bits per heavy atom. The summed E-state index contributed by atoms with van der Waals surface area (Å²) in [7, 11) is 0. The molecule has 0 aliphatic carbocycles. The lowest BCUT2D eigenvalue weighted by atomic mass is 10.0. The molecule has 0 bridgehead atoms. The molecule has 1 aromatic carbocycles. The molecule has 2 aromatic rings. The van der Waals surface area contributed by atoms with Gasteiger partial charge < -0.3 is 20.3 Å². The molecule has 3 amide bonds. The van der Waals surface area contributed by atoms with Gasteiger partial charge in [-0.25, -0.2) is 0 Å². The Bertz CT molecular complexity index is 826. The summed E-state index contributed by atoms with van der Waals surface area (Å²) in [6.07, 6.45) is 1.29. The minimum atomic E-state index is -0.712. The Labute approximate surface area is 180 Å². The van der Waals surface area contributed by atoms with E-state index in [0.717, 1.165) is 5.56 Å². The largest absolute Gasteiger partial charge is 0.380 e. The summed E-state index contributed by atoms with van der Waals surface area (Å²) < 4.78 is 5.49. The monoisotopic (exact) mass is 429 g/mol. The predicted octanol–water partition coefficient (Wildman–Crippen LogP) is 1.84. The maximum absolute atomic E-state index is 13.4. The summed E-state index contributed by atoms with van der Waals surface area (Å²) in [4.78, 5) is 40.3. The number of benzene rings is 1. The van der Waals surface area contributed by atoms with Crippen LogP contribution in [-0.4, -0.2) is 61.5 Å². The van der Waals surface area contributed by atoms with Gasteiger partial charge in [0.05, 0.1) is 11.5 Å². The van der Waals surface area contributed by atoms with Crippen molar-refractivity contribution in [3.05, 3.63) is 58.3 Å². The van der Waals surface area contributed by atoms with Crippen LogP contribution >= 0.6 is 11.3 Å². The fraction of sp³-hybridized carbons (Fsp3) is 0.409. The highest BCUT2D eigenvalue weighted by atomic mass is 32.1. The molecular formula is C22H27N3O4S. The summed E-state index contributed by atoms with van der Waals surface area (Å²) >= 11 is 1.33. The third kappa shape index (κ3) is 6.67. The molecule has 2 heterocycles. The lowest BCUT2D eigenvalue weighted by molar-refractivity contribution is -0.134. The Kier molecular flexibility index (Phi) is 8.41. The third-order valence-corrected chi connectivity index (χ3v) is 5.71. The van der Waals surface area contributed by atoms with Crippen molar-refractivity contribution >= 4 is 29.1 Å². The highest BCUT2D eigenvalue weighted by Crippen LogP contribution is 2.12. The molecule has 1 aromatic heterocycles. The third-order valence-electron chi connectivity index (χ3n) is 4.84. The van der Waals surface area contributed by atoms with Crippen LogP contribution in [0, 0.1) is 0 Å². The van der Waals surface area contributed by atoms with Crippen LogP contribution in [0.3, 0.4) is 0 Å². The number of nitrogens with zero attached hydrogens (tertiary/aromatic N) is 1. The van der Waals surface area contributed by atoms with Gasteiger partial charge in [0.1, 0.15) is 6.04 Å². The summed E-state index contributed by atoms with van der Waals surface area (Å²) in [6.45, 7) is 2.25. The fourth-order valence-corrected chi connectivity index (χ4v) is 3.91. The van der Waals surface area contributed by atoms with Crippen molar-refractivity contribution < 1.29 is 19.1 Å². The molecule has 1 fully saturated rings. The van der Waals surface area contributed by atoms with Crippen molar-refractivity contribution in [2.24, 2.45) is 0 Å². The standard InChI is InChI=1S/C22H27N3O4S/c26-20-9-12-25(11-5-13-29-14-10-23-20)22(28)18(16-17-6-2-1-3-7-17)24-21(27)19-8-4-15-30-19/h1-4,6-8,15,18H,5,9-14,16H2,(H,23,26)(H,24,27)/t18-/m0/s1. The van der Waals surface area contributed by atoms with Gasteiger partial charge in [-0.2, -0.15) is 0 Å². The van der Waals surface area contributed by atoms with Crippen molar-refractivity contribution in [2.45, 2.75) is 25.3 Å². The van der Waals surface area contributed by atoms with Crippen LogP contribution in [0.25, 0.3) is 0 Å². The van der Waals surface area contributed by atoms with E-state index in [9.17, 15) is 14.4 Å². The molecule has 0 radical (unpaired) electrons. The fourth-order valence-electron chi connectivity index (χ4n) is 3.29. The molecule has 1 saturated heterocycles. The van der Waals surface area contributed by atoms with Crippen LogP contribution in [0.5, 0.6) is 0 Å². The lowest BCUT2D eigenvalue weighted by Crippen LogP contribution is -2.50. The first-order valence-electron chi connectivity index (χ1n) is 10.1. The van der Waals surface area contributed by atoms with E-state index < -0.39 is 6.04 Å². The number of rotatable bonds is 5. The molecule has 2 N–H and O–H groups in total. The van der Waals surface area contributed by atoms with Gasteiger partial charge in [0.25, 0.3) is 5.91 Å². The second-order valence-electron chi connectivity index (χ2n) is 7.08. The molecule has 3 rings (SSSR count). The summed E-state index contributed by atoms with van der Waals surface area (Å²) in [5, 5.41) is 7.52. The molecule has 1 aliphatic rings. The SMILES string of the molecule is O=C1CCN(C(=O)[C@H](Cc2ccccc2)NC(=O)c2cccs2)CCCOCCN1. The minimum Gasteiger partial charge on any atom is -0.380 e. The topological polar surface area (TPSA) is 87.7 Å². The number of nitrogens with one attached hydrogen (secondary N) is 2. The van der Waals surface area contributed by atoms with E-state index in [4.69, 9.17) is 4.74 Å². The van der Waals surface area contributed by atoms with Crippen molar-refractivity contribution in [2.75, 3.05) is 32.8 Å². The zero-order valence-electron chi connectivity index (χ0n) is 16.8. The number of thiophene rings is 1. The van der Waals surface area contributed by atoms with E-state index >= 15 is 0 Å². The zero-order chi connectivity index (χ0) is 21.2. The first-order valence-corrected chi connectivity index (χ1v) is 11.0. The Hall–Kier alpha value is -2.71. The second-order valence-corrected chi connectivity index (χ2v) is 8.03. The van der Waals surface area contributed by atoms with E-state index in [-0.39, 0.29) is 24.1 Å². The van der Waals surface area contributed by atoms with Crippen LogP contribution in [0.4, 0.5) is 0 Å². The highest BCUT2D eigenvalue weighted by molar-refractivity contribution is 7.12. The van der Waals surface area contributed by atoms with Crippen molar-refractivity contribution in [3.63, 3.8) is 0 Å². The minimum absolute atomic E-state index is 0.111. The summed E-state index contributed by atoms with van der Waals surface area (Å²) in [5.41, 5.74) is 0.960. The first kappa shape index (κ1) is 22.0. The highest BCUT2D eigenvalue weighted by Gasteiger charge is 2.27. The number of carbonyl (C=O) groups is 3. The van der Waals surface area contributed by atoms with Crippen molar-refractivity contribution in [1.29, 1.82) is 0 Å². The van der Waals surface area contributed by atoms with Crippen LogP contribution in [0.2, 0.25) is 0 Å². The van der Waals surface area contributed by atoms with E-state index in [0.29, 0.717) is 50.6 Å². The van der Waals surface area contributed by atoms with Gasteiger partial charge in [-0.1, -0.05) is 36.4 Å². The van der Waals surface area contributed by atoms with Crippen molar-refractivity contribution in [3.8, 4) is 0 Å². The van der Waals surface area contributed by atoms with Crippen LogP contribution in [-0.2, 0) is 20.7 Å². The van der Waals surface area contributed by atoms with E-state index in [2.05, 4.69) is 10.6 Å². The van der Waals surface area contributed by atoms with Gasteiger partial charge in [-0.3, -0.25) is 14.4 Å². The molecule has 0 saturated carbocycles. The van der Waals surface area contributed by atoms with Gasteiger partial charge in [0, 0.05) is 39.1 Å². The maximum Gasteiger partial charge on any atom is 0.262 e. The zero-order valence-corrected chi connectivity index (χ0v) is 17.7. The molecule has 160 valence electrons. The maximum atomic E-state index is 13.4. The Morgan fingerprint density at radius 1 is 1.13 bits per heavy atom. The van der Waals surface area contributed by atoms with E-state index in [1.165, 1.54) is 11.3 Å². The molecule has 1 aliphatic heterocycles. The predicted molar refractivity (Wildman–Crippen MR) is 115 cm³/mol. The average Bonchev–Trinajstić information content (AvgIpc) is 3.28. The lowest BCUT2D eigenvalue weighted by Gasteiger charge is -2.28. The van der Waals surface area contributed by atoms with Gasteiger partial charge >= 0.3 is 0 Å². The molecule has 0 spiro atoms. The average molecular weight is 430 g/mol. The normalized spacial score (nSPS) is 16.8. The van der Waals surface area contributed by atoms with Gasteiger partial charge in [-0.05, 0) is 23.4 Å². The first-order chi connectivity index (χ1) is 14.6. The van der Waals surface area contributed by atoms with E-state index in [1.807, 2.05) is 35.7 Å². The second kappa shape index (κ2) is 11.5. The number of hydrogen-bond acceptors (Lipinski definition) is 5. The van der Waals surface area contributed by atoms with Crippen LogP contribution in [0.15, 0.2) is 47.8 Å². The Morgan fingerprint density at radius 2 is 1.97 bits per heavy atom. The number of ether oxygens (including phenoxy) is 1. The number of amides is 3. The molecule has 30 heavy (non-hydrogen) atoms. The number of carbonyl (C=O) groups excluding carboxylic acids is 3. The van der Waals surface area contributed by atoms with Crippen LogP contribution in [0.1, 0.15) is 28.1 Å². The summed E-state index contributed by atoms with van der Waals surface area (Å²) in [5.74, 6) is -0.561. The quantitative estimate of drug-likeness (QED) is 0.759. The van der Waals surface area contributed by atoms with Gasteiger partial charge in [-0.15, -0.1) is 11.3 Å². The van der Waals surface area contributed by atoms with Crippen molar-refractivity contribution in [1.82, 2.24) is 15.5 Å². The van der Waals surface area contributed by atoms with E-state index in [1.54, 1.807) is 17.0 Å². The van der Waals surface area contributed by atoms with Gasteiger partial charge in [0.2, 0.25) is 11.8 Å². The molecule has 1 atom stereocenters. The van der Waals surface area contributed by atoms with Gasteiger partial charge in [0.15, 0.2) is 0 Å². The molecule has 8 heteroatoms. The smallest absolute Gasteiger partial charge is 0.262 e. The molecule has 0 unspecified atom stereocenters.